The molecule has 1 aliphatic rings. The van der Waals surface area contributed by atoms with Crippen LogP contribution in [0.1, 0.15) is 18.0 Å². The fourth-order valence-electron chi connectivity index (χ4n) is 1.31. The van der Waals surface area contributed by atoms with Gasteiger partial charge in [-0.15, -0.1) is 0 Å². The van der Waals surface area contributed by atoms with Crippen LogP contribution in [0, 0.1) is 5.82 Å². The minimum atomic E-state index is -0.0929. The van der Waals surface area contributed by atoms with Crippen molar-refractivity contribution in [2.24, 2.45) is 0 Å². The van der Waals surface area contributed by atoms with Gasteiger partial charge in [0, 0.05) is 11.6 Å². The number of nitrogens with one attached hydrogen (secondary N) is 1. The average Bonchev–Trinajstić information content (AvgIpc) is 1.90. The molecule has 11 heavy (non-hydrogen) atoms. The maximum atomic E-state index is 13.0. The van der Waals surface area contributed by atoms with Gasteiger partial charge in [-0.1, -0.05) is 18.2 Å². The largest absolute Gasteiger partial charge is 0.310 e. The SMILES string of the molecule is Fc1ccccc1C1CCN1. The van der Waals surface area contributed by atoms with Crippen molar-refractivity contribution in [3.63, 3.8) is 0 Å². The van der Waals surface area contributed by atoms with E-state index in [2.05, 4.69) is 5.32 Å². The van der Waals surface area contributed by atoms with Crippen molar-refractivity contribution in [1.82, 2.24) is 5.32 Å². The summed E-state index contributed by atoms with van der Waals surface area (Å²) in [5.74, 6) is -0.0929. The van der Waals surface area contributed by atoms with E-state index in [9.17, 15) is 4.39 Å². The summed E-state index contributed by atoms with van der Waals surface area (Å²) < 4.78 is 13.0. The van der Waals surface area contributed by atoms with E-state index in [1.54, 1.807) is 6.07 Å². The molecule has 0 aliphatic carbocycles. The Kier molecular flexibility index (Phi) is 1.62. The van der Waals surface area contributed by atoms with Gasteiger partial charge in [0.2, 0.25) is 0 Å². The molecule has 1 unspecified atom stereocenters. The van der Waals surface area contributed by atoms with Gasteiger partial charge in [0.05, 0.1) is 0 Å². The van der Waals surface area contributed by atoms with Crippen LogP contribution in [0.2, 0.25) is 0 Å². The Morgan fingerprint density at radius 2 is 2.09 bits per heavy atom. The van der Waals surface area contributed by atoms with Gasteiger partial charge in [-0.3, -0.25) is 0 Å². The highest BCUT2D eigenvalue weighted by atomic mass is 19.1. The fraction of sp³-hybridized carbons (Fsp3) is 0.333. The van der Waals surface area contributed by atoms with Crippen LogP contribution in [0.4, 0.5) is 4.39 Å². The molecule has 0 bridgehead atoms. The highest BCUT2D eigenvalue weighted by molar-refractivity contribution is 5.22. The monoisotopic (exact) mass is 151 g/mol. The zero-order valence-electron chi connectivity index (χ0n) is 6.18. The van der Waals surface area contributed by atoms with E-state index in [0.717, 1.165) is 18.5 Å². The molecule has 0 aromatic heterocycles. The third kappa shape index (κ3) is 1.14. The minimum Gasteiger partial charge on any atom is -0.310 e. The molecule has 1 fully saturated rings. The maximum absolute atomic E-state index is 13.0. The smallest absolute Gasteiger partial charge is 0.127 e. The van der Waals surface area contributed by atoms with Crippen molar-refractivity contribution in [1.29, 1.82) is 0 Å². The third-order valence-electron chi connectivity index (χ3n) is 2.10. The summed E-state index contributed by atoms with van der Waals surface area (Å²) in [6.07, 6.45) is 1.06. The van der Waals surface area contributed by atoms with Crippen LogP contribution in [0.3, 0.4) is 0 Å². The zero-order chi connectivity index (χ0) is 7.68. The van der Waals surface area contributed by atoms with Crippen molar-refractivity contribution >= 4 is 0 Å². The van der Waals surface area contributed by atoms with E-state index in [-0.39, 0.29) is 11.9 Å². The molecule has 1 aromatic rings. The molecule has 1 saturated heterocycles. The van der Waals surface area contributed by atoms with Crippen molar-refractivity contribution in [2.45, 2.75) is 12.5 Å². The summed E-state index contributed by atoms with van der Waals surface area (Å²) in [5.41, 5.74) is 0.804. The molecule has 1 aliphatic heterocycles. The zero-order valence-corrected chi connectivity index (χ0v) is 6.18. The molecule has 58 valence electrons. The highest BCUT2D eigenvalue weighted by Gasteiger charge is 2.20. The molecule has 1 N–H and O–H groups in total. The standard InChI is InChI=1S/C9H10FN/c10-8-4-2-1-3-7(8)9-5-6-11-9/h1-4,9,11H,5-6H2. The second-order valence-corrected chi connectivity index (χ2v) is 2.82. The van der Waals surface area contributed by atoms with Crippen LogP contribution in [-0.4, -0.2) is 6.54 Å². The lowest BCUT2D eigenvalue weighted by atomic mass is 9.98. The highest BCUT2D eigenvalue weighted by Crippen LogP contribution is 2.24. The van der Waals surface area contributed by atoms with Gasteiger partial charge in [-0.2, -0.15) is 0 Å². The van der Waals surface area contributed by atoms with Crippen molar-refractivity contribution in [3.05, 3.63) is 35.6 Å². The Hall–Kier alpha value is -0.890. The molecule has 1 nitrogen and oxygen atoms in total. The Bertz CT molecular complexity index is 255. The number of hydrogen-bond acceptors (Lipinski definition) is 1. The second kappa shape index (κ2) is 2.62. The van der Waals surface area contributed by atoms with Crippen LogP contribution < -0.4 is 5.32 Å². The summed E-state index contributed by atoms with van der Waals surface area (Å²) in [7, 11) is 0. The summed E-state index contributed by atoms with van der Waals surface area (Å²) in [6.45, 7) is 1.01. The van der Waals surface area contributed by atoms with Crippen LogP contribution in [0.15, 0.2) is 24.3 Å². The predicted molar refractivity (Wildman–Crippen MR) is 41.8 cm³/mol. The van der Waals surface area contributed by atoms with Gasteiger partial charge >= 0.3 is 0 Å². The number of benzene rings is 1. The normalized spacial score (nSPS) is 22.8. The summed E-state index contributed by atoms with van der Waals surface area (Å²) in [5, 5.41) is 3.16. The van der Waals surface area contributed by atoms with Crippen LogP contribution >= 0.6 is 0 Å². The van der Waals surface area contributed by atoms with Crippen LogP contribution in [0.5, 0.6) is 0 Å². The lowest BCUT2D eigenvalue weighted by Gasteiger charge is -2.28. The first-order chi connectivity index (χ1) is 5.38. The van der Waals surface area contributed by atoms with E-state index in [1.807, 2.05) is 12.1 Å². The molecule has 1 heterocycles. The van der Waals surface area contributed by atoms with Crippen LogP contribution in [-0.2, 0) is 0 Å². The molecule has 1 aromatic carbocycles. The first kappa shape index (κ1) is 6.80. The maximum Gasteiger partial charge on any atom is 0.127 e. The third-order valence-corrected chi connectivity index (χ3v) is 2.10. The molecule has 0 amide bonds. The Labute approximate surface area is 65.2 Å². The van der Waals surface area contributed by atoms with Crippen molar-refractivity contribution < 1.29 is 4.39 Å². The Morgan fingerprint density at radius 1 is 1.36 bits per heavy atom. The van der Waals surface area contributed by atoms with Gasteiger partial charge in [-0.05, 0) is 19.0 Å². The average molecular weight is 151 g/mol. The summed E-state index contributed by atoms with van der Waals surface area (Å²) in [6, 6.07) is 7.20. The fourth-order valence-corrected chi connectivity index (χ4v) is 1.31. The molecule has 1 atom stereocenters. The van der Waals surface area contributed by atoms with Gasteiger partial charge < -0.3 is 5.32 Å². The van der Waals surface area contributed by atoms with E-state index < -0.39 is 0 Å². The van der Waals surface area contributed by atoms with Crippen molar-refractivity contribution in [3.8, 4) is 0 Å². The van der Waals surface area contributed by atoms with Crippen LogP contribution in [0.25, 0.3) is 0 Å². The number of halogens is 1. The predicted octanol–water partition coefficient (Wildman–Crippen LogP) is 1.86. The Balaban J connectivity index is 2.28. The Morgan fingerprint density at radius 3 is 2.64 bits per heavy atom. The quantitative estimate of drug-likeness (QED) is 0.646. The number of hydrogen-bond donors (Lipinski definition) is 1. The molecular formula is C9H10FN. The molecule has 0 spiro atoms. The molecule has 2 heteroatoms. The van der Waals surface area contributed by atoms with Crippen molar-refractivity contribution in [2.75, 3.05) is 6.54 Å². The lowest BCUT2D eigenvalue weighted by molar-refractivity contribution is 0.370. The van der Waals surface area contributed by atoms with E-state index in [1.165, 1.54) is 6.07 Å². The molecular weight excluding hydrogens is 141 g/mol. The van der Waals surface area contributed by atoms with E-state index >= 15 is 0 Å². The van der Waals surface area contributed by atoms with E-state index in [4.69, 9.17) is 0 Å². The van der Waals surface area contributed by atoms with Gasteiger partial charge in [0.1, 0.15) is 5.82 Å². The molecule has 0 saturated carbocycles. The topological polar surface area (TPSA) is 12.0 Å². The first-order valence-electron chi connectivity index (χ1n) is 3.86. The molecule has 2 rings (SSSR count). The van der Waals surface area contributed by atoms with Gasteiger partial charge in [0.15, 0.2) is 0 Å². The lowest BCUT2D eigenvalue weighted by Crippen LogP contribution is -2.35. The second-order valence-electron chi connectivity index (χ2n) is 2.82. The van der Waals surface area contributed by atoms with E-state index in [0.29, 0.717) is 0 Å². The molecule has 0 radical (unpaired) electrons. The summed E-state index contributed by atoms with van der Waals surface area (Å²) in [4.78, 5) is 0. The van der Waals surface area contributed by atoms with Gasteiger partial charge in [-0.25, -0.2) is 4.39 Å². The summed E-state index contributed by atoms with van der Waals surface area (Å²) >= 11 is 0. The van der Waals surface area contributed by atoms with Gasteiger partial charge in [0.25, 0.3) is 0 Å². The minimum absolute atomic E-state index is 0.0929. The first-order valence-corrected chi connectivity index (χ1v) is 3.86. The number of rotatable bonds is 1.